The molecule has 2 fully saturated rings. The number of amides is 1. The van der Waals surface area contributed by atoms with E-state index in [1.165, 1.54) is 5.56 Å². The Kier molecular flexibility index (Phi) is 7.10. The lowest BCUT2D eigenvalue weighted by molar-refractivity contribution is -0.129. The Labute approximate surface area is 158 Å². The minimum Gasteiger partial charge on any atom is -0.381 e. The highest BCUT2D eigenvalue weighted by molar-refractivity contribution is 9.10. The fraction of sp³-hybridized carbons (Fsp3) is 0.611. The Morgan fingerprint density at radius 2 is 1.96 bits per heavy atom. The second-order valence-electron chi connectivity index (χ2n) is 6.77. The molecule has 2 heterocycles. The third kappa shape index (κ3) is 4.51. The number of rotatable bonds is 3. The summed E-state index contributed by atoms with van der Waals surface area (Å²) >= 11 is 3.49. The molecule has 2 aliphatic rings. The second-order valence-corrected chi connectivity index (χ2v) is 7.68. The van der Waals surface area contributed by atoms with Gasteiger partial charge in [-0.25, -0.2) is 0 Å². The zero-order valence-corrected chi connectivity index (χ0v) is 16.4. The van der Waals surface area contributed by atoms with Crippen molar-refractivity contribution in [3.05, 3.63) is 34.3 Å². The van der Waals surface area contributed by atoms with E-state index in [-0.39, 0.29) is 29.8 Å². The summed E-state index contributed by atoms with van der Waals surface area (Å²) in [5, 5.41) is 6.81. The summed E-state index contributed by atoms with van der Waals surface area (Å²) in [4.78, 5) is 12.9. The molecule has 4 nitrogen and oxygen atoms in total. The van der Waals surface area contributed by atoms with E-state index in [1.54, 1.807) is 0 Å². The van der Waals surface area contributed by atoms with Gasteiger partial charge in [-0.1, -0.05) is 28.1 Å². The predicted molar refractivity (Wildman–Crippen MR) is 101 cm³/mol. The van der Waals surface area contributed by atoms with Gasteiger partial charge in [-0.15, -0.1) is 12.4 Å². The smallest absolute Gasteiger partial charge is 0.223 e. The maximum absolute atomic E-state index is 12.9. The molecule has 0 aromatic heterocycles. The number of carbonyl (C=O) groups excluding carboxylic acids is 1. The molecule has 134 valence electrons. The fourth-order valence-electron chi connectivity index (χ4n) is 3.68. The zero-order chi connectivity index (χ0) is 16.3. The van der Waals surface area contributed by atoms with Gasteiger partial charge in [0.1, 0.15) is 0 Å². The standard InChI is InChI=1S/C18H25BrN2O2.ClH/c1-13-12-14(6-9-20-13)17(22)21-18(7-10-23-11-8-18)15-2-4-16(19)5-3-15;/h2-5,13-14,20H,6-12H2,1H3,(H,21,22);1H/t13-,14-;/m0./s1. The van der Waals surface area contributed by atoms with Gasteiger partial charge < -0.3 is 15.4 Å². The Morgan fingerprint density at radius 1 is 1.29 bits per heavy atom. The number of hydrogen-bond acceptors (Lipinski definition) is 3. The highest BCUT2D eigenvalue weighted by Gasteiger charge is 2.38. The topological polar surface area (TPSA) is 50.4 Å². The van der Waals surface area contributed by atoms with Gasteiger partial charge in [-0.2, -0.15) is 0 Å². The van der Waals surface area contributed by atoms with Gasteiger partial charge in [0.2, 0.25) is 5.91 Å². The lowest BCUT2D eigenvalue weighted by atomic mass is 9.81. The van der Waals surface area contributed by atoms with Crippen LogP contribution in [-0.2, 0) is 15.1 Å². The van der Waals surface area contributed by atoms with Crippen molar-refractivity contribution in [3.8, 4) is 0 Å². The first-order valence-corrected chi connectivity index (χ1v) is 9.27. The van der Waals surface area contributed by atoms with Crippen molar-refractivity contribution in [1.82, 2.24) is 10.6 Å². The normalized spacial score (nSPS) is 26.2. The maximum atomic E-state index is 12.9. The molecular weight excluding hydrogens is 392 g/mol. The van der Waals surface area contributed by atoms with Crippen molar-refractivity contribution in [2.45, 2.75) is 44.2 Å². The van der Waals surface area contributed by atoms with E-state index < -0.39 is 0 Å². The summed E-state index contributed by atoms with van der Waals surface area (Å²) < 4.78 is 6.60. The average molecular weight is 418 g/mol. The predicted octanol–water partition coefficient (Wildman–Crippen LogP) is 3.38. The summed E-state index contributed by atoms with van der Waals surface area (Å²) in [5.41, 5.74) is 0.892. The van der Waals surface area contributed by atoms with Gasteiger partial charge in [0.25, 0.3) is 0 Å². The second kappa shape index (κ2) is 8.65. The first-order chi connectivity index (χ1) is 11.1. The maximum Gasteiger partial charge on any atom is 0.223 e. The number of ether oxygens (including phenoxy) is 1. The number of benzene rings is 1. The monoisotopic (exact) mass is 416 g/mol. The number of carbonyl (C=O) groups is 1. The molecule has 2 aliphatic heterocycles. The van der Waals surface area contributed by atoms with Crippen molar-refractivity contribution in [2.24, 2.45) is 5.92 Å². The third-order valence-corrected chi connectivity index (χ3v) is 5.63. The van der Waals surface area contributed by atoms with E-state index >= 15 is 0 Å². The molecule has 6 heteroatoms. The van der Waals surface area contributed by atoms with Gasteiger partial charge in [0.15, 0.2) is 0 Å². The Morgan fingerprint density at radius 3 is 2.58 bits per heavy atom. The van der Waals surface area contributed by atoms with E-state index in [1.807, 2.05) is 12.1 Å². The molecule has 1 amide bonds. The van der Waals surface area contributed by atoms with Gasteiger partial charge in [0, 0.05) is 29.6 Å². The first-order valence-electron chi connectivity index (χ1n) is 8.48. The van der Waals surface area contributed by atoms with Crippen LogP contribution >= 0.6 is 28.3 Å². The minimum absolute atomic E-state index is 0. The van der Waals surface area contributed by atoms with Gasteiger partial charge in [0.05, 0.1) is 5.54 Å². The molecule has 2 saturated heterocycles. The lowest BCUT2D eigenvalue weighted by Gasteiger charge is -2.40. The Bertz CT molecular complexity index is 546. The average Bonchev–Trinajstić information content (AvgIpc) is 2.56. The molecule has 1 aromatic rings. The quantitative estimate of drug-likeness (QED) is 0.792. The SMILES string of the molecule is C[C@H]1C[C@@H](C(=O)NC2(c3ccc(Br)cc3)CCOCC2)CCN1.Cl. The van der Waals surface area contributed by atoms with Crippen LogP contribution in [0.15, 0.2) is 28.7 Å². The summed E-state index contributed by atoms with van der Waals surface area (Å²) in [6.07, 6.45) is 3.50. The van der Waals surface area contributed by atoms with Crippen molar-refractivity contribution in [1.29, 1.82) is 0 Å². The summed E-state index contributed by atoms with van der Waals surface area (Å²) in [7, 11) is 0. The molecule has 0 radical (unpaired) electrons. The van der Waals surface area contributed by atoms with Crippen molar-refractivity contribution in [3.63, 3.8) is 0 Å². The summed E-state index contributed by atoms with van der Waals surface area (Å²) in [5.74, 6) is 0.310. The summed E-state index contributed by atoms with van der Waals surface area (Å²) in [6, 6.07) is 8.73. The van der Waals surface area contributed by atoms with Crippen LogP contribution in [0.1, 0.15) is 38.2 Å². The summed E-state index contributed by atoms with van der Waals surface area (Å²) in [6.45, 7) is 4.46. The van der Waals surface area contributed by atoms with Crippen LogP contribution in [0.5, 0.6) is 0 Å². The zero-order valence-electron chi connectivity index (χ0n) is 14.0. The molecule has 0 bridgehead atoms. The lowest BCUT2D eigenvalue weighted by Crippen LogP contribution is -2.53. The molecular formula is C18H26BrClN2O2. The fourth-order valence-corrected chi connectivity index (χ4v) is 3.95. The molecule has 0 saturated carbocycles. The highest BCUT2D eigenvalue weighted by Crippen LogP contribution is 2.34. The van der Waals surface area contributed by atoms with Crippen LogP contribution in [0, 0.1) is 5.92 Å². The Hall–Kier alpha value is -0.620. The van der Waals surface area contributed by atoms with Crippen molar-refractivity contribution in [2.75, 3.05) is 19.8 Å². The van der Waals surface area contributed by atoms with Gasteiger partial charge in [-0.05, 0) is 56.8 Å². The molecule has 24 heavy (non-hydrogen) atoms. The Balaban J connectivity index is 0.00000208. The molecule has 2 N–H and O–H groups in total. The van der Waals surface area contributed by atoms with E-state index in [0.29, 0.717) is 19.3 Å². The minimum atomic E-state index is -0.288. The molecule has 0 spiro atoms. The van der Waals surface area contributed by atoms with Crippen LogP contribution in [0.3, 0.4) is 0 Å². The van der Waals surface area contributed by atoms with E-state index in [9.17, 15) is 4.79 Å². The van der Waals surface area contributed by atoms with Gasteiger partial charge in [-0.3, -0.25) is 4.79 Å². The highest BCUT2D eigenvalue weighted by atomic mass is 79.9. The van der Waals surface area contributed by atoms with Crippen LogP contribution in [0.2, 0.25) is 0 Å². The molecule has 3 rings (SSSR count). The van der Waals surface area contributed by atoms with E-state index in [2.05, 4.69) is 45.6 Å². The van der Waals surface area contributed by atoms with Crippen LogP contribution < -0.4 is 10.6 Å². The van der Waals surface area contributed by atoms with E-state index in [0.717, 1.165) is 36.7 Å². The largest absolute Gasteiger partial charge is 0.381 e. The molecule has 0 aliphatic carbocycles. The number of hydrogen-bond donors (Lipinski definition) is 2. The number of piperidine rings is 1. The van der Waals surface area contributed by atoms with Crippen LogP contribution in [0.25, 0.3) is 0 Å². The van der Waals surface area contributed by atoms with Crippen molar-refractivity contribution >= 4 is 34.2 Å². The third-order valence-electron chi connectivity index (χ3n) is 5.10. The first kappa shape index (κ1) is 19.7. The number of nitrogens with one attached hydrogen (secondary N) is 2. The molecule has 0 unspecified atom stereocenters. The van der Waals surface area contributed by atoms with Crippen LogP contribution in [-0.4, -0.2) is 31.7 Å². The van der Waals surface area contributed by atoms with E-state index in [4.69, 9.17) is 4.74 Å². The molecule has 1 aromatic carbocycles. The number of halogens is 2. The molecule has 2 atom stereocenters. The van der Waals surface area contributed by atoms with Crippen LogP contribution in [0.4, 0.5) is 0 Å². The van der Waals surface area contributed by atoms with Gasteiger partial charge >= 0.3 is 0 Å². The van der Waals surface area contributed by atoms with Crippen molar-refractivity contribution < 1.29 is 9.53 Å².